The lowest BCUT2D eigenvalue weighted by molar-refractivity contribution is 0.651. The number of anilines is 2. The number of pyridine rings is 1. The van der Waals surface area contributed by atoms with Gasteiger partial charge in [-0.05, 0) is 19.1 Å². The zero-order valence-electron chi connectivity index (χ0n) is 12.7. The standard InChI is InChI=1S/C15H18N6S/c1-11-13-14(19(2)18-11)17-15(22-13)21-9-7-20(8-10-21)12-3-5-16-6-4-12/h3-6H,7-10H2,1-2H3. The third-order valence-electron chi connectivity index (χ3n) is 4.11. The molecular weight excluding hydrogens is 296 g/mol. The van der Waals surface area contributed by atoms with Crippen LogP contribution in [-0.4, -0.2) is 45.9 Å². The van der Waals surface area contributed by atoms with E-state index >= 15 is 0 Å². The number of aromatic nitrogens is 4. The summed E-state index contributed by atoms with van der Waals surface area (Å²) in [5.74, 6) is 0. The Bertz CT molecular complexity index is 751. The smallest absolute Gasteiger partial charge is 0.188 e. The van der Waals surface area contributed by atoms with Crippen LogP contribution in [0.1, 0.15) is 5.69 Å². The van der Waals surface area contributed by atoms with E-state index in [1.807, 2.05) is 31.0 Å². The van der Waals surface area contributed by atoms with Gasteiger partial charge in [0.1, 0.15) is 0 Å². The third kappa shape index (κ3) is 2.21. The second-order valence-corrected chi connectivity index (χ2v) is 6.52. The molecule has 0 spiro atoms. The van der Waals surface area contributed by atoms with Crippen molar-refractivity contribution in [3.05, 3.63) is 30.2 Å². The van der Waals surface area contributed by atoms with Gasteiger partial charge in [-0.25, -0.2) is 9.67 Å². The van der Waals surface area contributed by atoms with Crippen molar-refractivity contribution in [3.63, 3.8) is 0 Å². The molecule has 0 aromatic carbocycles. The lowest BCUT2D eigenvalue weighted by atomic mass is 10.3. The summed E-state index contributed by atoms with van der Waals surface area (Å²) in [7, 11) is 1.96. The molecule has 0 bridgehead atoms. The maximum Gasteiger partial charge on any atom is 0.188 e. The van der Waals surface area contributed by atoms with Crippen LogP contribution in [0, 0.1) is 6.92 Å². The van der Waals surface area contributed by atoms with Crippen molar-refractivity contribution in [3.8, 4) is 0 Å². The highest BCUT2D eigenvalue weighted by Crippen LogP contribution is 2.31. The molecule has 3 aromatic rings. The van der Waals surface area contributed by atoms with E-state index in [2.05, 4.69) is 32.0 Å². The van der Waals surface area contributed by atoms with Gasteiger partial charge in [-0.3, -0.25) is 4.98 Å². The minimum absolute atomic E-state index is 0.995. The first-order chi connectivity index (χ1) is 10.7. The monoisotopic (exact) mass is 314 g/mol. The molecule has 4 rings (SSSR count). The summed E-state index contributed by atoms with van der Waals surface area (Å²) >= 11 is 1.75. The Hall–Kier alpha value is -2.15. The molecule has 0 saturated carbocycles. The molecule has 0 amide bonds. The fraction of sp³-hybridized carbons (Fsp3) is 0.400. The maximum atomic E-state index is 4.77. The van der Waals surface area contributed by atoms with Crippen molar-refractivity contribution < 1.29 is 0 Å². The van der Waals surface area contributed by atoms with Crippen molar-refractivity contribution in [1.82, 2.24) is 19.7 Å². The molecule has 1 fully saturated rings. The molecule has 0 unspecified atom stereocenters. The average Bonchev–Trinajstić information content (AvgIpc) is 3.11. The van der Waals surface area contributed by atoms with Crippen molar-refractivity contribution in [2.45, 2.75) is 6.92 Å². The molecule has 4 heterocycles. The largest absolute Gasteiger partial charge is 0.368 e. The molecule has 0 aliphatic carbocycles. The van der Waals surface area contributed by atoms with E-state index in [4.69, 9.17) is 4.98 Å². The number of nitrogens with zero attached hydrogens (tertiary/aromatic N) is 6. The molecule has 0 N–H and O–H groups in total. The quantitative estimate of drug-likeness (QED) is 0.725. The first-order valence-corrected chi connectivity index (χ1v) is 8.24. The van der Waals surface area contributed by atoms with Crippen LogP contribution in [0.5, 0.6) is 0 Å². The second kappa shape index (κ2) is 5.24. The fourth-order valence-corrected chi connectivity index (χ4v) is 4.00. The van der Waals surface area contributed by atoms with Crippen LogP contribution in [0.3, 0.4) is 0 Å². The maximum absolute atomic E-state index is 4.77. The predicted octanol–water partition coefficient (Wildman–Crippen LogP) is 2.06. The summed E-state index contributed by atoms with van der Waals surface area (Å²) in [6.07, 6.45) is 3.70. The van der Waals surface area contributed by atoms with Crippen LogP contribution in [-0.2, 0) is 7.05 Å². The van der Waals surface area contributed by atoms with Crippen LogP contribution < -0.4 is 9.80 Å². The fourth-order valence-electron chi connectivity index (χ4n) is 2.92. The van der Waals surface area contributed by atoms with Crippen LogP contribution in [0.2, 0.25) is 0 Å². The zero-order valence-corrected chi connectivity index (χ0v) is 13.5. The Morgan fingerprint density at radius 1 is 1.05 bits per heavy atom. The SMILES string of the molecule is Cc1nn(C)c2nc(N3CCN(c4ccncc4)CC3)sc12. The van der Waals surface area contributed by atoms with Crippen LogP contribution in [0.25, 0.3) is 10.3 Å². The van der Waals surface area contributed by atoms with Crippen LogP contribution >= 0.6 is 11.3 Å². The van der Waals surface area contributed by atoms with E-state index in [9.17, 15) is 0 Å². The minimum atomic E-state index is 0.995. The van der Waals surface area contributed by atoms with Gasteiger partial charge in [0.25, 0.3) is 0 Å². The van der Waals surface area contributed by atoms with Gasteiger partial charge in [-0.15, -0.1) is 0 Å². The highest BCUT2D eigenvalue weighted by atomic mass is 32.1. The van der Waals surface area contributed by atoms with E-state index in [0.29, 0.717) is 0 Å². The number of rotatable bonds is 2. The molecule has 0 radical (unpaired) electrons. The summed E-state index contributed by atoms with van der Waals surface area (Å²) in [6.45, 7) is 6.06. The molecule has 114 valence electrons. The highest BCUT2D eigenvalue weighted by Gasteiger charge is 2.21. The van der Waals surface area contributed by atoms with Crippen LogP contribution in [0.4, 0.5) is 10.8 Å². The minimum Gasteiger partial charge on any atom is -0.368 e. The van der Waals surface area contributed by atoms with E-state index in [0.717, 1.165) is 42.7 Å². The highest BCUT2D eigenvalue weighted by molar-refractivity contribution is 7.22. The Balaban J connectivity index is 1.52. The summed E-state index contributed by atoms with van der Waals surface area (Å²) in [5.41, 5.74) is 3.31. The Kier molecular flexibility index (Phi) is 3.22. The summed E-state index contributed by atoms with van der Waals surface area (Å²) in [5, 5.41) is 5.53. The van der Waals surface area contributed by atoms with E-state index < -0.39 is 0 Å². The topological polar surface area (TPSA) is 50.1 Å². The summed E-state index contributed by atoms with van der Waals surface area (Å²) < 4.78 is 3.08. The number of thiazole rings is 1. The molecule has 0 atom stereocenters. The average molecular weight is 314 g/mol. The van der Waals surface area contributed by atoms with Crippen molar-refractivity contribution >= 4 is 32.5 Å². The third-order valence-corrected chi connectivity index (χ3v) is 5.33. The number of fused-ring (bicyclic) bond motifs is 1. The molecular formula is C15H18N6S. The van der Waals surface area contributed by atoms with Gasteiger partial charge in [0.05, 0.1) is 10.4 Å². The van der Waals surface area contributed by atoms with Gasteiger partial charge in [-0.2, -0.15) is 5.10 Å². The molecule has 1 saturated heterocycles. The lowest BCUT2D eigenvalue weighted by Gasteiger charge is -2.35. The number of hydrogen-bond acceptors (Lipinski definition) is 6. The normalized spacial score (nSPS) is 15.7. The van der Waals surface area contributed by atoms with Gasteiger partial charge in [0, 0.05) is 51.3 Å². The summed E-state index contributed by atoms with van der Waals surface area (Å²) in [6, 6.07) is 4.14. The first kappa shape index (κ1) is 13.5. The van der Waals surface area contributed by atoms with E-state index in [1.165, 1.54) is 10.4 Å². The van der Waals surface area contributed by atoms with E-state index in [-0.39, 0.29) is 0 Å². The number of aryl methyl sites for hydroxylation is 2. The van der Waals surface area contributed by atoms with E-state index in [1.54, 1.807) is 11.3 Å². The Morgan fingerprint density at radius 2 is 1.73 bits per heavy atom. The first-order valence-electron chi connectivity index (χ1n) is 7.42. The number of hydrogen-bond donors (Lipinski definition) is 0. The lowest BCUT2D eigenvalue weighted by Crippen LogP contribution is -2.46. The molecule has 1 aliphatic heterocycles. The van der Waals surface area contributed by atoms with Crippen molar-refractivity contribution in [1.29, 1.82) is 0 Å². The van der Waals surface area contributed by atoms with Crippen molar-refractivity contribution in [2.24, 2.45) is 7.05 Å². The zero-order chi connectivity index (χ0) is 15.1. The Labute approximate surface area is 133 Å². The van der Waals surface area contributed by atoms with Gasteiger partial charge in [-0.1, -0.05) is 11.3 Å². The molecule has 7 heteroatoms. The molecule has 22 heavy (non-hydrogen) atoms. The molecule has 3 aromatic heterocycles. The summed E-state index contributed by atoms with van der Waals surface area (Å²) in [4.78, 5) is 13.6. The molecule has 6 nitrogen and oxygen atoms in total. The van der Waals surface area contributed by atoms with Gasteiger partial charge < -0.3 is 9.80 Å². The number of piperazine rings is 1. The Morgan fingerprint density at radius 3 is 2.41 bits per heavy atom. The van der Waals surface area contributed by atoms with Gasteiger partial charge in [0.2, 0.25) is 0 Å². The van der Waals surface area contributed by atoms with Gasteiger partial charge >= 0.3 is 0 Å². The predicted molar refractivity (Wildman–Crippen MR) is 89.8 cm³/mol. The molecule has 1 aliphatic rings. The second-order valence-electron chi connectivity index (χ2n) is 5.54. The van der Waals surface area contributed by atoms with Gasteiger partial charge in [0.15, 0.2) is 10.8 Å². The van der Waals surface area contributed by atoms with Crippen molar-refractivity contribution in [2.75, 3.05) is 36.0 Å². The van der Waals surface area contributed by atoms with Crippen LogP contribution in [0.15, 0.2) is 24.5 Å².